The summed E-state index contributed by atoms with van der Waals surface area (Å²) < 4.78 is 13.5. The molecule has 2 atom stereocenters. The first-order chi connectivity index (χ1) is 9.71. The van der Waals surface area contributed by atoms with E-state index in [9.17, 15) is 14.3 Å². The summed E-state index contributed by atoms with van der Waals surface area (Å²) in [7, 11) is 0. The number of benzene rings is 1. The van der Waals surface area contributed by atoms with Gasteiger partial charge in [-0.05, 0) is 29.9 Å². The van der Waals surface area contributed by atoms with E-state index in [4.69, 9.17) is 0 Å². The summed E-state index contributed by atoms with van der Waals surface area (Å²) in [4.78, 5) is 12.0. The van der Waals surface area contributed by atoms with Crippen molar-refractivity contribution in [2.75, 3.05) is 6.54 Å². The number of hydrogen-bond acceptors (Lipinski definition) is 2. The maximum Gasteiger partial charge on any atom is 0.222 e. The molecule has 0 heterocycles. The van der Waals surface area contributed by atoms with Crippen molar-refractivity contribution < 1.29 is 14.3 Å². The van der Waals surface area contributed by atoms with E-state index < -0.39 is 6.10 Å². The van der Waals surface area contributed by atoms with Crippen LogP contribution >= 0.6 is 0 Å². The van der Waals surface area contributed by atoms with E-state index >= 15 is 0 Å². The molecule has 0 aliphatic heterocycles. The van der Waals surface area contributed by atoms with Gasteiger partial charge in [0.25, 0.3) is 0 Å². The minimum absolute atomic E-state index is 0.102. The first kappa shape index (κ1) is 17.6. The number of rotatable bonds is 6. The van der Waals surface area contributed by atoms with Gasteiger partial charge >= 0.3 is 0 Å². The first-order valence-electron chi connectivity index (χ1n) is 7.41. The van der Waals surface area contributed by atoms with Gasteiger partial charge in [-0.25, -0.2) is 4.39 Å². The van der Waals surface area contributed by atoms with E-state index in [1.165, 1.54) is 6.07 Å². The summed E-state index contributed by atoms with van der Waals surface area (Å²) in [6.07, 6.45) is 0.529. The van der Waals surface area contributed by atoms with Crippen LogP contribution in [0.25, 0.3) is 0 Å². The molecule has 3 nitrogen and oxygen atoms in total. The van der Waals surface area contributed by atoms with Gasteiger partial charge in [0.15, 0.2) is 0 Å². The van der Waals surface area contributed by atoms with Gasteiger partial charge in [0, 0.05) is 12.5 Å². The Balaban J connectivity index is 2.40. The third kappa shape index (κ3) is 5.84. The average Bonchev–Trinajstić information content (AvgIpc) is 2.42. The van der Waals surface area contributed by atoms with Gasteiger partial charge in [-0.1, -0.05) is 45.9 Å². The fourth-order valence-electron chi connectivity index (χ4n) is 1.88. The standard InChI is InChI=1S/C17H26FNO2/c1-12(9-10-13-7-5-6-8-14(13)18)16(21)19-11-15(20)17(2,3)4/h5-8,12,15,20H,9-11H2,1-4H3,(H,19,21). The molecule has 0 radical (unpaired) electrons. The summed E-state index contributed by atoms with van der Waals surface area (Å²) in [5.41, 5.74) is 0.371. The number of hydrogen-bond donors (Lipinski definition) is 2. The highest BCUT2D eigenvalue weighted by Gasteiger charge is 2.23. The number of amides is 1. The maximum atomic E-state index is 13.5. The molecule has 0 aliphatic carbocycles. The van der Waals surface area contributed by atoms with Crippen molar-refractivity contribution >= 4 is 5.91 Å². The molecule has 21 heavy (non-hydrogen) atoms. The van der Waals surface area contributed by atoms with Crippen LogP contribution in [-0.2, 0) is 11.2 Å². The largest absolute Gasteiger partial charge is 0.391 e. The molecule has 1 aromatic carbocycles. The SMILES string of the molecule is CC(CCc1ccccc1F)C(=O)NCC(O)C(C)(C)C. The van der Waals surface area contributed by atoms with Crippen molar-refractivity contribution in [3.05, 3.63) is 35.6 Å². The number of aryl methyl sites for hydroxylation is 1. The van der Waals surface area contributed by atoms with Gasteiger partial charge < -0.3 is 10.4 Å². The minimum atomic E-state index is -0.583. The molecular formula is C17H26FNO2. The number of carbonyl (C=O) groups excluding carboxylic acids is 1. The molecule has 2 N–H and O–H groups in total. The van der Waals surface area contributed by atoms with Crippen molar-refractivity contribution in [3.8, 4) is 0 Å². The Bertz CT molecular complexity index is 468. The highest BCUT2D eigenvalue weighted by molar-refractivity contribution is 5.78. The fourth-order valence-corrected chi connectivity index (χ4v) is 1.88. The van der Waals surface area contributed by atoms with E-state index in [-0.39, 0.29) is 29.6 Å². The predicted molar refractivity (Wildman–Crippen MR) is 82.4 cm³/mol. The smallest absolute Gasteiger partial charge is 0.222 e. The van der Waals surface area contributed by atoms with E-state index in [0.717, 1.165) is 0 Å². The zero-order valence-electron chi connectivity index (χ0n) is 13.3. The molecule has 2 unspecified atom stereocenters. The van der Waals surface area contributed by atoms with E-state index in [2.05, 4.69) is 5.32 Å². The van der Waals surface area contributed by atoms with Crippen LogP contribution in [0, 0.1) is 17.2 Å². The van der Waals surface area contributed by atoms with Gasteiger partial charge in [0.05, 0.1) is 6.10 Å². The Kier molecular flexibility index (Phi) is 6.34. The van der Waals surface area contributed by atoms with Gasteiger partial charge in [-0.3, -0.25) is 4.79 Å². The summed E-state index contributed by atoms with van der Waals surface area (Å²) in [5, 5.41) is 12.7. The third-order valence-electron chi connectivity index (χ3n) is 3.72. The van der Waals surface area contributed by atoms with Gasteiger partial charge in [0.2, 0.25) is 5.91 Å². The third-order valence-corrected chi connectivity index (χ3v) is 3.72. The Hall–Kier alpha value is -1.42. The lowest BCUT2D eigenvalue weighted by molar-refractivity contribution is -0.125. The molecule has 118 valence electrons. The molecule has 1 aromatic rings. The Morgan fingerprint density at radius 2 is 1.95 bits per heavy atom. The van der Waals surface area contributed by atoms with Crippen LogP contribution in [0.4, 0.5) is 4.39 Å². The molecule has 0 spiro atoms. The second kappa shape index (κ2) is 7.55. The van der Waals surface area contributed by atoms with Gasteiger partial charge in [-0.15, -0.1) is 0 Å². The second-order valence-electron chi connectivity index (χ2n) is 6.66. The number of aliphatic hydroxyl groups excluding tert-OH is 1. The van der Waals surface area contributed by atoms with Gasteiger partial charge in [0.1, 0.15) is 5.82 Å². The Labute approximate surface area is 126 Å². The van der Waals surface area contributed by atoms with Crippen molar-refractivity contribution in [1.29, 1.82) is 0 Å². The number of halogens is 1. The molecule has 1 amide bonds. The lowest BCUT2D eigenvalue weighted by Gasteiger charge is -2.26. The number of nitrogens with one attached hydrogen (secondary N) is 1. The lowest BCUT2D eigenvalue weighted by atomic mass is 9.89. The average molecular weight is 295 g/mol. The van der Waals surface area contributed by atoms with Crippen LogP contribution in [-0.4, -0.2) is 23.7 Å². The fraction of sp³-hybridized carbons (Fsp3) is 0.588. The van der Waals surface area contributed by atoms with Crippen LogP contribution in [0.2, 0.25) is 0 Å². The second-order valence-corrected chi connectivity index (χ2v) is 6.66. The first-order valence-corrected chi connectivity index (χ1v) is 7.41. The molecular weight excluding hydrogens is 269 g/mol. The molecule has 0 bridgehead atoms. The summed E-state index contributed by atoms with van der Waals surface area (Å²) in [6.45, 7) is 7.83. The zero-order chi connectivity index (χ0) is 16.0. The Morgan fingerprint density at radius 1 is 1.33 bits per heavy atom. The van der Waals surface area contributed by atoms with Crippen molar-refractivity contribution in [2.24, 2.45) is 11.3 Å². The molecule has 0 saturated carbocycles. The predicted octanol–water partition coefficient (Wildman–Crippen LogP) is 2.92. The topological polar surface area (TPSA) is 49.3 Å². The molecule has 0 aromatic heterocycles. The summed E-state index contributed by atoms with van der Waals surface area (Å²) in [6, 6.07) is 6.62. The normalized spacial score (nSPS) is 14.6. The molecule has 0 fully saturated rings. The van der Waals surface area contributed by atoms with E-state index in [1.807, 2.05) is 27.7 Å². The molecule has 0 aliphatic rings. The van der Waals surface area contributed by atoms with Crippen molar-refractivity contribution in [2.45, 2.75) is 46.6 Å². The van der Waals surface area contributed by atoms with Crippen LogP contribution in [0.1, 0.15) is 39.7 Å². The van der Waals surface area contributed by atoms with Crippen LogP contribution < -0.4 is 5.32 Å². The molecule has 4 heteroatoms. The maximum absolute atomic E-state index is 13.5. The van der Waals surface area contributed by atoms with Gasteiger partial charge in [-0.2, -0.15) is 0 Å². The summed E-state index contributed by atoms with van der Waals surface area (Å²) >= 11 is 0. The van der Waals surface area contributed by atoms with Crippen LogP contribution in [0.15, 0.2) is 24.3 Å². The van der Waals surface area contributed by atoms with E-state index in [0.29, 0.717) is 18.4 Å². The monoisotopic (exact) mass is 295 g/mol. The Morgan fingerprint density at radius 3 is 2.52 bits per heavy atom. The van der Waals surface area contributed by atoms with Crippen LogP contribution in [0.5, 0.6) is 0 Å². The highest BCUT2D eigenvalue weighted by Crippen LogP contribution is 2.18. The highest BCUT2D eigenvalue weighted by atomic mass is 19.1. The molecule has 0 saturated heterocycles. The minimum Gasteiger partial charge on any atom is -0.391 e. The zero-order valence-corrected chi connectivity index (χ0v) is 13.3. The van der Waals surface area contributed by atoms with Crippen molar-refractivity contribution in [1.82, 2.24) is 5.32 Å². The number of aliphatic hydroxyl groups is 1. The summed E-state index contributed by atoms with van der Waals surface area (Å²) in [5.74, 6) is -0.542. The van der Waals surface area contributed by atoms with Crippen LogP contribution in [0.3, 0.4) is 0 Å². The van der Waals surface area contributed by atoms with E-state index in [1.54, 1.807) is 18.2 Å². The van der Waals surface area contributed by atoms with Crippen molar-refractivity contribution in [3.63, 3.8) is 0 Å². The quantitative estimate of drug-likeness (QED) is 0.848. The number of carbonyl (C=O) groups is 1. The molecule has 1 rings (SSSR count). The lowest BCUT2D eigenvalue weighted by Crippen LogP contribution is -2.41.